The average Bonchev–Trinajstić information content (AvgIpc) is 2.52. The van der Waals surface area contributed by atoms with Gasteiger partial charge in [0.15, 0.2) is 0 Å². The molecule has 114 valence electrons. The SMILES string of the molecule is CS(=O)(=O)CCS(=O)(=O)NC1(CN)CCCCCC1. The van der Waals surface area contributed by atoms with Crippen LogP contribution in [0.5, 0.6) is 0 Å². The van der Waals surface area contributed by atoms with Gasteiger partial charge in [-0.15, -0.1) is 0 Å². The number of hydrogen-bond donors (Lipinski definition) is 2. The molecule has 1 rings (SSSR count). The van der Waals surface area contributed by atoms with Crippen LogP contribution in [0.4, 0.5) is 0 Å². The zero-order valence-electron chi connectivity index (χ0n) is 11.4. The first-order valence-corrected chi connectivity index (χ1v) is 10.3. The molecule has 0 unspecified atom stereocenters. The molecule has 0 aromatic rings. The van der Waals surface area contributed by atoms with Gasteiger partial charge in [0.1, 0.15) is 9.84 Å². The summed E-state index contributed by atoms with van der Waals surface area (Å²) >= 11 is 0. The van der Waals surface area contributed by atoms with E-state index in [2.05, 4.69) is 4.72 Å². The van der Waals surface area contributed by atoms with Crippen molar-refractivity contribution in [2.24, 2.45) is 5.73 Å². The van der Waals surface area contributed by atoms with Crippen molar-refractivity contribution in [1.82, 2.24) is 4.72 Å². The van der Waals surface area contributed by atoms with Gasteiger partial charge in [0.25, 0.3) is 0 Å². The summed E-state index contributed by atoms with van der Waals surface area (Å²) in [6, 6.07) is 0. The highest BCUT2D eigenvalue weighted by molar-refractivity contribution is 7.93. The monoisotopic (exact) mass is 312 g/mol. The lowest BCUT2D eigenvalue weighted by atomic mass is 9.92. The number of sulfonamides is 1. The normalized spacial score (nSPS) is 20.9. The van der Waals surface area contributed by atoms with Crippen molar-refractivity contribution in [2.45, 2.75) is 44.1 Å². The third-order valence-corrected chi connectivity index (χ3v) is 6.24. The summed E-state index contributed by atoms with van der Waals surface area (Å²) in [5.74, 6) is -0.753. The Morgan fingerprint density at radius 1 is 1.00 bits per heavy atom. The quantitative estimate of drug-likeness (QED) is 0.672. The fourth-order valence-corrected chi connectivity index (χ4v) is 5.53. The Labute approximate surface area is 116 Å². The summed E-state index contributed by atoms with van der Waals surface area (Å²) in [5.41, 5.74) is 5.16. The summed E-state index contributed by atoms with van der Waals surface area (Å²) < 4.78 is 48.8. The van der Waals surface area contributed by atoms with Crippen LogP contribution in [-0.4, -0.2) is 46.7 Å². The Morgan fingerprint density at radius 3 is 1.95 bits per heavy atom. The zero-order valence-corrected chi connectivity index (χ0v) is 13.0. The van der Waals surface area contributed by atoms with Gasteiger partial charge in [-0.25, -0.2) is 21.6 Å². The summed E-state index contributed by atoms with van der Waals surface area (Å²) in [7, 11) is -6.89. The van der Waals surface area contributed by atoms with Gasteiger partial charge in [-0.1, -0.05) is 25.7 Å². The molecule has 0 saturated heterocycles. The van der Waals surface area contributed by atoms with Crippen LogP contribution in [0, 0.1) is 0 Å². The summed E-state index contributed by atoms with van der Waals surface area (Å²) in [4.78, 5) is 0. The van der Waals surface area contributed by atoms with E-state index in [0.29, 0.717) is 0 Å². The van der Waals surface area contributed by atoms with Crippen molar-refractivity contribution in [3.63, 3.8) is 0 Å². The molecule has 0 aromatic carbocycles. The second-order valence-electron chi connectivity index (χ2n) is 5.45. The molecular formula is C11H24N2O4S2. The number of nitrogens with two attached hydrogens (primary N) is 1. The van der Waals surface area contributed by atoms with Crippen LogP contribution < -0.4 is 10.5 Å². The fraction of sp³-hybridized carbons (Fsp3) is 1.00. The van der Waals surface area contributed by atoms with E-state index in [9.17, 15) is 16.8 Å². The van der Waals surface area contributed by atoms with E-state index in [1.54, 1.807) is 0 Å². The van der Waals surface area contributed by atoms with Crippen LogP contribution in [0.3, 0.4) is 0 Å². The van der Waals surface area contributed by atoms with Crippen molar-refractivity contribution < 1.29 is 16.8 Å². The smallest absolute Gasteiger partial charge is 0.213 e. The van der Waals surface area contributed by atoms with Crippen LogP contribution >= 0.6 is 0 Å². The van der Waals surface area contributed by atoms with Crippen molar-refractivity contribution in [3.05, 3.63) is 0 Å². The molecule has 3 N–H and O–H groups in total. The van der Waals surface area contributed by atoms with Crippen molar-refractivity contribution in [1.29, 1.82) is 0 Å². The maximum Gasteiger partial charge on any atom is 0.213 e. The lowest BCUT2D eigenvalue weighted by molar-refractivity contribution is 0.343. The molecule has 0 amide bonds. The molecular weight excluding hydrogens is 288 g/mol. The maximum absolute atomic E-state index is 12.0. The Hall–Kier alpha value is -0.180. The Morgan fingerprint density at radius 2 is 1.53 bits per heavy atom. The Kier molecular flexibility index (Phi) is 5.78. The largest absolute Gasteiger partial charge is 0.329 e. The fourth-order valence-electron chi connectivity index (χ4n) is 2.40. The number of rotatable bonds is 6. The minimum absolute atomic E-state index is 0.255. The van der Waals surface area contributed by atoms with Crippen LogP contribution in [0.15, 0.2) is 0 Å². The lowest BCUT2D eigenvalue weighted by Gasteiger charge is -2.32. The summed E-state index contributed by atoms with van der Waals surface area (Å²) in [6.07, 6.45) is 6.56. The maximum atomic E-state index is 12.0. The van der Waals surface area contributed by atoms with Gasteiger partial charge in [0.2, 0.25) is 10.0 Å². The molecule has 0 aliphatic heterocycles. The molecule has 0 aromatic heterocycles. The lowest BCUT2D eigenvalue weighted by Crippen LogP contribution is -2.54. The molecule has 1 saturated carbocycles. The number of hydrogen-bond acceptors (Lipinski definition) is 5. The number of sulfone groups is 1. The van der Waals surface area contributed by atoms with Crippen molar-refractivity contribution >= 4 is 19.9 Å². The van der Waals surface area contributed by atoms with E-state index in [4.69, 9.17) is 5.73 Å². The van der Waals surface area contributed by atoms with E-state index in [-0.39, 0.29) is 12.3 Å². The van der Waals surface area contributed by atoms with Gasteiger partial charge in [-0.3, -0.25) is 0 Å². The van der Waals surface area contributed by atoms with Gasteiger partial charge in [0.05, 0.1) is 11.5 Å². The van der Waals surface area contributed by atoms with Gasteiger partial charge < -0.3 is 5.73 Å². The zero-order chi connectivity index (χ0) is 14.6. The molecule has 19 heavy (non-hydrogen) atoms. The standard InChI is InChI=1S/C11H24N2O4S2/c1-18(14,15)8-9-19(16,17)13-11(10-12)6-4-2-3-5-7-11/h13H,2-10,12H2,1H3. The molecule has 0 heterocycles. The predicted molar refractivity (Wildman–Crippen MR) is 76.1 cm³/mol. The highest BCUT2D eigenvalue weighted by Gasteiger charge is 2.33. The molecule has 1 fully saturated rings. The molecule has 0 bridgehead atoms. The minimum atomic E-state index is -3.61. The Balaban J connectivity index is 2.73. The van der Waals surface area contributed by atoms with Crippen LogP contribution in [0.1, 0.15) is 38.5 Å². The van der Waals surface area contributed by atoms with E-state index in [0.717, 1.165) is 44.8 Å². The molecule has 0 radical (unpaired) electrons. The molecule has 6 nitrogen and oxygen atoms in total. The van der Waals surface area contributed by atoms with Crippen LogP contribution in [0.25, 0.3) is 0 Å². The summed E-state index contributed by atoms with van der Waals surface area (Å²) in [6.45, 7) is 0.255. The molecule has 1 aliphatic carbocycles. The minimum Gasteiger partial charge on any atom is -0.329 e. The van der Waals surface area contributed by atoms with E-state index in [1.807, 2.05) is 0 Å². The van der Waals surface area contributed by atoms with Gasteiger partial charge >= 0.3 is 0 Å². The summed E-state index contributed by atoms with van der Waals surface area (Å²) in [5, 5.41) is 0. The Bertz CT molecular complexity index is 477. The highest BCUT2D eigenvalue weighted by atomic mass is 32.2. The van der Waals surface area contributed by atoms with Crippen LogP contribution in [-0.2, 0) is 19.9 Å². The topological polar surface area (TPSA) is 106 Å². The van der Waals surface area contributed by atoms with Crippen LogP contribution in [0.2, 0.25) is 0 Å². The van der Waals surface area contributed by atoms with E-state index < -0.39 is 31.2 Å². The highest BCUT2D eigenvalue weighted by Crippen LogP contribution is 2.27. The first kappa shape index (κ1) is 16.9. The number of nitrogens with one attached hydrogen (secondary N) is 1. The van der Waals surface area contributed by atoms with Gasteiger partial charge in [0, 0.05) is 18.3 Å². The third kappa shape index (κ3) is 6.20. The van der Waals surface area contributed by atoms with Crippen molar-refractivity contribution in [2.75, 3.05) is 24.3 Å². The second kappa shape index (κ2) is 6.51. The second-order valence-corrected chi connectivity index (χ2v) is 9.55. The van der Waals surface area contributed by atoms with E-state index in [1.165, 1.54) is 0 Å². The van der Waals surface area contributed by atoms with E-state index >= 15 is 0 Å². The first-order chi connectivity index (χ1) is 8.68. The first-order valence-electron chi connectivity index (χ1n) is 6.58. The molecule has 0 spiro atoms. The molecule has 1 aliphatic rings. The average molecular weight is 312 g/mol. The molecule has 0 atom stereocenters. The van der Waals surface area contributed by atoms with Crippen molar-refractivity contribution in [3.8, 4) is 0 Å². The molecule has 8 heteroatoms. The van der Waals surface area contributed by atoms with Gasteiger partial charge in [-0.05, 0) is 12.8 Å². The van der Waals surface area contributed by atoms with Gasteiger partial charge in [-0.2, -0.15) is 0 Å². The predicted octanol–water partition coefficient (Wildman–Crippen LogP) is 0.00210. The third-order valence-electron chi connectivity index (χ3n) is 3.55.